The monoisotopic (exact) mass is 445 g/mol. The van der Waals surface area contributed by atoms with Crippen LogP contribution in [0.5, 0.6) is 0 Å². The summed E-state index contributed by atoms with van der Waals surface area (Å²) in [6.07, 6.45) is -4.56. The Balaban J connectivity index is 1.67. The first-order chi connectivity index (χ1) is 13.6. The van der Waals surface area contributed by atoms with Gasteiger partial charge in [-0.2, -0.15) is 13.2 Å². The largest absolute Gasteiger partial charge is 0.416 e. The van der Waals surface area contributed by atoms with Gasteiger partial charge in [0.15, 0.2) is 5.82 Å². The molecule has 6 nitrogen and oxygen atoms in total. The van der Waals surface area contributed by atoms with Crippen LogP contribution in [0.4, 0.5) is 23.2 Å². The van der Waals surface area contributed by atoms with Crippen LogP contribution in [0.25, 0.3) is 11.4 Å². The molecule has 0 atom stereocenters. The quantitative estimate of drug-likeness (QED) is 0.349. The van der Waals surface area contributed by atoms with Crippen molar-refractivity contribution in [3.63, 3.8) is 0 Å². The molecule has 0 spiro atoms. The molecule has 0 aliphatic rings. The van der Waals surface area contributed by atoms with E-state index in [-0.39, 0.29) is 27.4 Å². The normalized spacial score (nSPS) is 11.5. The minimum absolute atomic E-state index is 0.0306. The van der Waals surface area contributed by atoms with Crippen molar-refractivity contribution in [3.8, 4) is 11.4 Å². The van der Waals surface area contributed by atoms with Crippen molar-refractivity contribution >= 4 is 35.0 Å². The fourth-order valence-electron chi connectivity index (χ4n) is 2.29. The van der Waals surface area contributed by atoms with Gasteiger partial charge in [0.25, 0.3) is 0 Å². The van der Waals surface area contributed by atoms with Gasteiger partial charge in [0.05, 0.1) is 22.0 Å². The maximum Gasteiger partial charge on any atom is 0.416 e. The number of nitrogens with one attached hydrogen (secondary N) is 1. The fraction of sp³-hybridized carbons (Fsp3) is 0.118. The standard InChI is InChI=1S/C17H12ClF4N5OS/c18-12-6-3-10(17(20,21)22)7-13(12)24-14(28)8-29-16-26-25-15(27(16)23)9-1-4-11(19)5-2-9/h1-7H,8,23H2,(H,24,28). The van der Waals surface area contributed by atoms with E-state index in [1.54, 1.807) is 0 Å². The molecule has 0 radical (unpaired) electrons. The molecule has 0 saturated heterocycles. The molecule has 0 saturated carbocycles. The summed E-state index contributed by atoms with van der Waals surface area (Å²) in [5.41, 5.74) is -0.572. The molecule has 2 aromatic carbocycles. The number of alkyl halides is 3. The number of halogens is 5. The molecule has 3 N–H and O–H groups in total. The van der Waals surface area contributed by atoms with Crippen molar-refractivity contribution in [2.75, 3.05) is 16.9 Å². The molecule has 152 valence electrons. The first-order valence-corrected chi connectivity index (χ1v) is 9.27. The number of rotatable bonds is 5. The summed E-state index contributed by atoms with van der Waals surface area (Å²) in [6.45, 7) is 0. The van der Waals surface area contributed by atoms with E-state index in [1.807, 2.05) is 0 Å². The van der Waals surface area contributed by atoms with Crippen LogP contribution in [0.15, 0.2) is 47.6 Å². The van der Waals surface area contributed by atoms with Gasteiger partial charge in [-0.1, -0.05) is 23.4 Å². The third kappa shape index (κ3) is 4.98. The predicted octanol–water partition coefficient (Wildman–Crippen LogP) is 4.20. The van der Waals surface area contributed by atoms with Gasteiger partial charge in [-0.3, -0.25) is 4.79 Å². The summed E-state index contributed by atoms with van der Waals surface area (Å²) in [5.74, 6) is 4.93. The molecule has 1 aromatic heterocycles. The van der Waals surface area contributed by atoms with E-state index < -0.39 is 23.5 Å². The van der Waals surface area contributed by atoms with E-state index in [0.717, 1.165) is 34.6 Å². The van der Waals surface area contributed by atoms with E-state index in [0.29, 0.717) is 5.56 Å². The lowest BCUT2D eigenvalue weighted by atomic mass is 10.2. The van der Waals surface area contributed by atoms with E-state index in [2.05, 4.69) is 15.5 Å². The van der Waals surface area contributed by atoms with Crippen molar-refractivity contribution in [1.82, 2.24) is 14.9 Å². The highest BCUT2D eigenvalue weighted by Gasteiger charge is 2.31. The number of benzene rings is 2. The maximum atomic E-state index is 13.0. The molecular formula is C17H12ClF4N5OS. The lowest BCUT2D eigenvalue weighted by Gasteiger charge is -2.11. The number of nitrogens with two attached hydrogens (primary N) is 1. The molecule has 0 aliphatic heterocycles. The predicted molar refractivity (Wildman–Crippen MR) is 101 cm³/mol. The summed E-state index contributed by atoms with van der Waals surface area (Å²) in [4.78, 5) is 12.1. The highest BCUT2D eigenvalue weighted by Crippen LogP contribution is 2.34. The van der Waals surface area contributed by atoms with Crippen molar-refractivity contribution in [2.24, 2.45) is 0 Å². The highest BCUT2D eigenvalue weighted by molar-refractivity contribution is 7.99. The van der Waals surface area contributed by atoms with Gasteiger partial charge < -0.3 is 11.2 Å². The van der Waals surface area contributed by atoms with Gasteiger partial charge >= 0.3 is 6.18 Å². The van der Waals surface area contributed by atoms with Crippen LogP contribution in [0.2, 0.25) is 5.02 Å². The van der Waals surface area contributed by atoms with E-state index >= 15 is 0 Å². The van der Waals surface area contributed by atoms with Crippen molar-refractivity contribution in [2.45, 2.75) is 11.3 Å². The molecule has 0 bridgehead atoms. The number of aromatic nitrogens is 3. The van der Waals surface area contributed by atoms with Crippen molar-refractivity contribution in [1.29, 1.82) is 0 Å². The van der Waals surface area contributed by atoms with Gasteiger partial charge in [0.2, 0.25) is 11.1 Å². The number of amides is 1. The topological polar surface area (TPSA) is 85.8 Å². The number of nitrogens with zero attached hydrogens (tertiary/aromatic N) is 3. The molecule has 0 aliphatic carbocycles. The summed E-state index contributed by atoms with van der Waals surface area (Å²) in [5, 5.41) is 10.2. The second kappa shape index (κ2) is 8.29. The zero-order valence-corrected chi connectivity index (χ0v) is 15.9. The number of nitrogen functional groups attached to an aromatic ring is 1. The Morgan fingerprint density at radius 2 is 1.86 bits per heavy atom. The van der Waals surface area contributed by atoms with Gasteiger partial charge in [-0.25, -0.2) is 9.07 Å². The highest BCUT2D eigenvalue weighted by atomic mass is 35.5. The van der Waals surface area contributed by atoms with Crippen LogP contribution in [0.1, 0.15) is 5.56 Å². The Labute approximate surface area is 171 Å². The number of carbonyl (C=O) groups excluding carboxylic acids is 1. The zero-order chi connectivity index (χ0) is 21.2. The maximum absolute atomic E-state index is 13.0. The van der Waals surface area contributed by atoms with Crippen molar-refractivity contribution < 1.29 is 22.4 Å². The molecule has 29 heavy (non-hydrogen) atoms. The van der Waals surface area contributed by atoms with Crippen LogP contribution in [0.3, 0.4) is 0 Å². The summed E-state index contributed by atoms with van der Waals surface area (Å²) < 4.78 is 52.6. The third-order valence-corrected chi connectivity index (χ3v) is 4.94. The SMILES string of the molecule is Nn1c(SCC(=O)Nc2cc(C(F)(F)F)ccc2Cl)nnc1-c1ccc(F)cc1. The Bertz CT molecular complexity index is 1040. The summed E-state index contributed by atoms with van der Waals surface area (Å²) >= 11 is 6.77. The molecule has 3 rings (SSSR count). The zero-order valence-electron chi connectivity index (χ0n) is 14.4. The van der Waals surface area contributed by atoms with Gasteiger partial charge in [-0.15, -0.1) is 10.2 Å². The van der Waals surface area contributed by atoms with Gasteiger partial charge in [0.1, 0.15) is 5.82 Å². The smallest absolute Gasteiger partial charge is 0.335 e. The number of anilines is 1. The Hall–Kier alpha value is -2.79. The van der Waals surface area contributed by atoms with Gasteiger partial charge in [0, 0.05) is 5.56 Å². The number of hydrogen-bond donors (Lipinski definition) is 2. The minimum Gasteiger partial charge on any atom is -0.335 e. The lowest BCUT2D eigenvalue weighted by Crippen LogP contribution is -2.17. The Morgan fingerprint density at radius 3 is 2.52 bits per heavy atom. The van der Waals surface area contributed by atoms with Crippen LogP contribution in [-0.2, 0) is 11.0 Å². The second-order valence-corrected chi connectivity index (χ2v) is 7.06. The summed E-state index contributed by atoms with van der Waals surface area (Å²) in [7, 11) is 0. The average molecular weight is 446 g/mol. The fourth-order valence-corrected chi connectivity index (χ4v) is 3.11. The Kier molecular flexibility index (Phi) is 5.99. The Morgan fingerprint density at radius 1 is 1.17 bits per heavy atom. The first kappa shape index (κ1) is 20.9. The summed E-state index contributed by atoms with van der Waals surface area (Å²) in [6, 6.07) is 8.05. The molecule has 1 heterocycles. The van der Waals surface area contributed by atoms with Gasteiger partial charge in [-0.05, 0) is 42.5 Å². The molecule has 12 heteroatoms. The average Bonchev–Trinajstić information content (AvgIpc) is 3.02. The van der Waals surface area contributed by atoms with Crippen molar-refractivity contribution in [3.05, 3.63) is 58.9 Å². The number of thioether (sulfide) groups is 1. The van der Waals surface area contributed by atoms with E-state index in [9.17, 15) is 22.4 Å². The second-order valence-electron chi connectivity index (χ2n) is 5.71. The van der Waals surface area contributed by atoms with E-state index in [4.69, 9.17) is 17.4 Å². The first-order valence-electron chi connectivity index (χ1n) is 7.91. The number of hydrogen-bond acceptors (Lipinski definition) is 5. The van der Waals surface area contributed by atoms with Crippen LogP contribution < -0.4 is 11.2 Å². The molecule has 1 amide bonds. The van der Waals surface area contributed by atoms with Crippen LogP contribution in [-0.4, -0.2) is 26.5 Å². The lowest BCUT2D eigenvalue weighted by molar-refractivity contribution is -0.137. The molecule has 3 aromatic rings. The van der Waals surface area contributed by atoms with E-state index in [1.165, 1.54) is 24.3 Å². The third-order valence-electron chi connectivity index (χ3n) is 3.67. The van der Waals surface area contributed by atoms with Crippen LogP contribution >= 0.6 is 23.4 Å². The molecule has 0 unspecified atom stereocenters. The molecular weight excluding hydrogens is 434 g/mol. The minimum atomic E-state index is -4.56. The molecule has 0 fully saturated rings. The van der Waals surface area contributed by atoms with Crippen LogP contribution in [0, 0.1) is 5.82 Å². The number of carbonyl (C=O) groups is 1.